The second-order valence-electron chi connectivity index (χ2n) is 8.07. The summed E-state index contributed by atoms with van der Waals surface area (Å²) < 4.78 is 0. The van der Waals surface area contributed by atoms with Crippen molar-refractivity contribution in [1.29, 1.82) is 5.26 Å². The van der Waals surface area contributed by atoms with Crippen LogP contribution in [0.4, 0.5) is 11.4 Å². The van der Waals surface area contributed by atoms with Gasteiger partial charge < -0.3 is 5.73 Å². The molecule has 0 saturated heterocycles. The molecular weight excluding hydrogens is 428 g/mol. The van der Waals surface area contributed by atoms with E-state index < -0.39 is 10.8 Å². The molecule has 1 atom stereocenters. The summed E-state index contributed by atoms with van der Waals surface area (Å²) in [6.07, 6.45) is 1.47. The minimum atomic E-state index is -0.606. The third-order valence-electron chi connectivity index (χ3n) is 6.03. The van der Waals surface area contributed by atoms with Crippen molar-refractivity contribution in [3.8, 4) is 6.07 Å². The Balaban J connectivity index is 2.04. The highest BCUT2D eigenvalue weighted by Gasteiger charge is 2.42. The number of nitrogens with zero attached hydrogens (tertiary/aromatic N) is 3. The fraction of sp³-hybridized carbons (Fsp3) is 0.250. The first kappa shape index (κ1) is 21.6. The fourth-order valence-electron chi connectivity index (χ4n) is 4.58. The first-order chi connectivity index (χ1) is 15.2. The normalized spacial score (nSPS) is 18.5. The van der Waals surface area contributed by atoms with Crippen LogP contribution < -0.4 is 10.6 Å². The third kappa shape index (κ3) is 3.43. The van der Waals surface area contributed by atoms with Crippen LogP contribution in [0.15, 0.2) is 59.1 Å². The van der Waals surface area contributed by atoms with E-state index in [9.17, 15) is 20.2 Å². The van der Waals surface area contributed by atoms with Crippen molar-refractivity contribution in [2.24, 2.45) is 5.73 Å². The van der Waals surface area contributed by atoms with Crippen LogP contribution in [0.2, 0.25) is 5.02 Å². The molecular formula is C24H21ClN4O3. The molecule has 0 spiro atoms. The van der Waals surface area contributed by atoms with Gasteiger partial charge in [-0.1, -0.05) is 35.4 Å². The molecule has 0 aromatic heterocycles. The van der Waals surface area contributed by atoms with E-state index >= 15 is 0 Å². The average molecular weight is 449 g/mol. The van der Waals surface area contributed by atoms with E-state index in [1.165, 1.54) is 23.1 Å². The Bertz CT molecular complexity index is 1270. The van der Waals surface area contributed by atoms with Gasteiger partial charge in [0.05, 0.1) is 22.5 Å². The number of nitriles is 1. The van der Waals surface area contributed by atoms with Crippen LogP contribution in [0.5, 0.6) is 0 Å². The highest BCUT2D eigenvalue weighted by atomic mass is 35.5. The Morgan fingerprint density at radius 2 is 1.97 bits per heavy atom. The molecule has 2 aliphatic rings. The van der Waals surface area contributed by atoms with E-state index in [0.717, 1.165) is 16.7 Å². The summed E-state index contributed by atoms with van der Waals surface area (Å²) in [7, 11) is 0. The van der Waals surface area contributed by atoms with Crippen LogP contribution in [0.25, 0.3) is 0 Å². The molecule has 0 bridgehead atoms. The van der Waals surface area contributed by atoms with Crippen molar-refractivity contribution in [3.05, 3.63) is 90.9 Å². The van der Waals surface area contributed by atoms with Gasteiger partial charge in [-0.2, -0.15) is 5.26 Å². The largest absolute Gasteiger partial charge is 0.384 e. The standard InChI is InChI=1S/C24H21ClN4O3/c1-13-6-7-14(2)16(10-13)22-17(12-26)24(27)28(19-4-3-5-21(30)23(19)22)18-9-8-15(25)11-20(18)29(31)32/h6-11,22H,3-5,27H2,1-2H3. The monoisotopic (exact) mass is 448 g/mol. The molecule has 1 aliphatic carbocycles. The maximum Gasteiger partial charge on any atom is 0.294 e. The van der Waals surface area contributed by atoms with E-state index in [1.807, 2.05) is 32.0 Å². The Morgan fingerprint density at radius 1 is 1.22 bits per heavy atom. The molecule has 1 unspecified atom stereocenters. The summed E-state index contributed by atoms with van der Waals surface area (Å²) in [5, 5.41) is 22.1. The van der Waals surface area contributed by atoms with Gasteiger partial charge in [0.2, 0.25) is 0 Å². The number of anilines is 1. The Kier molecular flexibility index (Phi) is 5.49. The summed E-state index contributed by atoms with van der Waals surface area (Å²) in [6, 6.07) is 12.4. The Labute approximate surface area is 190 Å². The second kappa shape index (κ2) is 8.13. The topological polar surface area (TPSA) is 113 Å². The van der Waals surface area contributed by atoms with Crippen molar-refractivity contribution >= 4 is 28.8 Å². The van der Waals surface area contributed by atoms with E-state index in [-0.39, 0.29) is 33.6 Å². The molecule has 0 saturated carbocycles. The number of nitro groups is 1. The number of hydrogen-bond acceptors (Lipinski definition) is 6. The predicted octanol–water partition coefficient (Wildman–Crippen LogP) is 5.17. The third-order valence-corrected chi connectivity index (χ3v) is 6.27. The number of Topliss-reactive ketones (excluding diaryl/α,β-unsaturated/α-hetero) is 1. The molecule has 4 rings (SSSR count). The Morgan fingerprint density at radius 3 is 2.66 bits per heavy atom. The zero-order valence-electron chi connectivity index (χ0n) is 17.7. The van der Waals surface area contributed by atoms with Crippen LogP contribution in [0.3, 0.4) is 0 Å². The van der Waals surface area contributed by atoms with Crippen molar-refractivity contribution in [3.63, 3.8) is 0 Å². The quantitative estimate of drug-likeness (QED) is 0.511. The number of allylic oxidation sites excluding steroid dienone is 3. The maximum atomic E-state index is 13.2. The lowest BCUT2D eigenvalue weighted by molar-refractivity contribution is -0.384. The van der Waals surface area contributed by atoms with Gasteiger partial charge in [0, 0.05) is 28.8 Å². The second-order valence-corrected chi connectivity index (χ2v) is 8.50. The molecule has 0 amide bonds. The lowest BCUT2D eigenvalue weighted by Crippen LogP contribution is -2.39. The number of carbonyl (C=O) groups is 1. The van der Waals surface area contributed by atoms with E-state index in [2.05, 4.69) is 6.07 Å². The molecule has 1 aliphatic heterocycles. The molecule has 162 valence electrons. The zero-order valence-corrected chi connectivity index (χ0v) is 18.4. The van der Waals surface area contributed by atoms with Crippen LogP contribution in [-0.4, -0.2) is 10.7 Å². The SMILES string of the molecule is Cc1ccc(C)c(C2C(C#N)=C(N)N(c3ccc(Cl)cc3[N+](=O)[O-])C3=C2C(=O)CCC3)c1. The lowest BCUT2D eigenvalue weighted by Gasteiger charge is -2.39. The molecule has 0 radical (unpaired) electrons. The van der Waals surface area contributed by atoms with Gasteiger partial charge in [0.1, 0.15) is 11.5 Å². The smallest absolute Gasteiger partial charge is 0.294 e. The van der Waals surface area contributed by atoms with Gasteiger partial charge >= 0.3 is 0 Å². The zero-order chi connectivity index (χ0) is 23.2. The number of ketones is 1. The molecule has 8 heteroatoms. The van der Waals surface area contributed by atoms with Crippen molar-refractivity contribution in [2.45, 2.75) is 39.0 Å². The van der Waals surface area contributed by atoms with Crippen molar-refractivity contribution in [1.82, 2.24) is 0 Å². The molecule has 32 heavy (non-hydrogen) atoms. The number of aryl methyl sites for hydroxylation is 2. The minimum Gasteiger partial charge on any atom is -0.384 e. The lowest BCUT2D eigenvalue weighted by atomic mass is 9.74. The van der Waals surface area contributed by atoms with Gasteiger partial charge in [0.25, 0.3) is 5.69 Å². The van der Waals surface area contributed by atoms with Crippen molar-refractivity contribution < 1.29 is 9.72 Å². The molecule has 2 N–H and O–H groups in total. The minimum absolute atomic E-state index is 0.0703. The van der Waals surface area contributed by atoms with Gasteiger partial charge in [-0.15, -0.1) is 0 Å². The number of halogens is 1. The molecule has 1 heterocycles. The number of hydrogen-bond donors (Lipinski definition) is 1. The molecule has 2 aromatic rings. The van der Waals surface area contributed by atoms with E-state index in [0.29, 0.717) is 30.5 Å². The summed E-state index contributed by atoms with van der Waals surface area (Å²) in [6.45, 7) is 3.89. The van der Waals surface area contributed by atoms with Crippen LogP contribution in [0, 0.1) is 35.3 Å². The highest BCUT2D eigenvalue weighted by molar-refractivity contribution is 6.31. The average Bonchev–Trinajstić information content (AvgIpc) is 2.75. The molecule has 0 fully saturated rings. The van der Waals surface area contributed by atoms with Gasteiger partial charge in [-0.25, -0.2) is 0 Å². The van der Waals surface area contributed by atoms with Crippen LogP contribution in [0.1, 0.15) is 41.9 Å². The van der Waals surface area contributed by atoms with Gasteiger partial charge in [0.15, 0.2) is 5.78 Å². The molecule has 2 aromatic carbocycles. The van der Waals surface area contributed by atoms with Gasteiger partial charge in [-0.3, -0.25) is 19.8 Å². The summed E-state index contributed by atoms with van der Waals surface area (Å²) in [4.78, 5) is 26.0. The van der Waals surface area contributed by atoms with Crippen LogP contribution >= 0.6 is 11.6 Å². The van der Waals surface area contributed by atoms with E-state index in [4.69, 9.17) is 17.3 Å². The number of carbonyl (C=O) groups excluding carboxylic acids is 1. The van der Waals surface area contributed by atoms with Crippen LogP contribution in [-0.2, 0) is 4.79 Å². The first-order valence-electron chi connectivity index (χ1n) is 10.2. The predicted molar refractivity (Wildman–Crippen MR) is 122 cm³/mol. The highest BCUT2D eigenvalue weighted by Crippen LogP contribution is 2.48. The Hall–Kier alpha value is -3.63. The summed E-state index contributed by atoms with van der Waals surface area (Å²) in [5.41, 5.74) is 10.6. The van der Waals surface area contributed by atoms with Gasteiger partial charge in [-0.05, 0) is 49.9 Å². The molecule has 7 nitrogen and oxygen atoms in total. The van der Waals surface area contributed by atoms with E-state index in [1.54, 1.807) is 0 Å². The maximum absolute atomic E-state index is 13.2. The number of rotatable bonds is 3. The summed E-state index contributed by atoms with van der Waals surface area (Å²) >= 11 is 6.00. The first-order valence-corrected chi connectivity index (χ1v) is 10.6. The summed E-state index contributed by atoms with van der Waals surface area (Å²) in [5.74, 6) is -0.582. The number of nitrogens with two attached hydrogens (primary N) is 1. The number of nitro benzene ring substituents is 1. The fourth-order valence-corrected chi connectivity index (χ4v) is 4.74. The number of benzene rings is 2. The van der Waals surface area contributed by atoms with Crippen molar-refractivity contribution in [2.75, 3.05) is 4.90 Å².